The van der Waals surface area contributed by atoms with Crippen LogP contribution in [0.5, 0.6) is 0 Å². The smallest absolute Gasteiger partial charge is 0.377 e. The second-order valence-electron chi connectivity index (χ2n) is 7.90. The molecule has 0 aliphatic rings. The van der Waals surface area contributed by atoms with Crippen molar-refractivity contribution >= 4 is 41.7 Å². The molecule has 0 N–H and O–H groups in total. The van der Waals surface area contributed by atoms with Gasteiger partial charge in [-0.05, 0) is 35.7 Å². The minimum absolute atomic E-state index is 0.801. The Kier molecular flexibility index (Phi) is 7.22. The zero-order chi connectivity index (χ0) is 22.4. The van der Waals surface area contributed by atoms with Crippen LogP contribution in [0.4, 0.5) is 11.4 Å². The normalized spacial score (nSPS) is 11.8. The van der Waals surface area contributed by atoms with E-state index >= 15 is 0 Å². The number of rotatable bonds is 10. The van der Waals surface area contributed by atoms with Gasteiger partial charge in [0.1, 0.15) is 0 Å². The lowest BCUT2D eigenvalue weighted by Crippen LogP contribution is -2.42. The van der Waals surface area contributed by atoms with Crippen molar-refractivity contribution in [3.63, 3.8) is 0 Å². The highest BCUT2D eigenvalue weighted by molar-refractivity contribution is 6.60. The van der Waals surface area contributed by atoms with Gasteiger partial charge in [0.05, 0.1) is 0 Å². The minimum atomic E-state index is -2.55. The monoisotopic (exact) mass is 445 g/mol. The zero-order valence-corrected chi connectivity index (χ0v) is 20.1. The van der Waals surface area contributed by atoms with Gasteiger partial charge in [-0.25, -0.2) is 0 Å². The van der Waals surface area contributed by atoms with E-state index in [9.17, 15) is 0 Å². The molecule has 0 aliphatic carbocycles. The number of unbranched alkanes of at least 4 members (excludes halogenated alkanes) is 1. The summed E-state index contributed by atoms with van der Waals surface area (Å²) in [7, 11) is 2.48. The maximum atomic E-state index is 5.61. The zero-order valence-electron chi connectivity index (χ0n) is 19.1. The van der Waals surface area contributed by atoms with Crippen LogP contribution in [0.25, 0.3) is 21.5 Å². The quantitative estimate of drug-likeness (QED) is 0.199. The van der Waals surface area contributed by atoms with E-state index < -0.39 is 8.80 Å². The first kappa shape index (κ1) is 22.5. The van der Waals surface area contributed by atoms with Crippen LogP contribution in [-0.2, 0) is 13.3 Å². The van der Waals surface area contributed by atoms with Gasteiger partial charge < -0.3 is 18.2 Å². The molecule has 4 rings (SSSR count). The lowest BCUT2D eigenvalue weighted by atomic mass is 10.0. The fraction of sp³-hybridized carbons (Fsp3) is 0.259. The predicted octanol–water partition coefficient (Wildman–Crippen LogP) is 6.79. The molecule has 0 radical (unpaired) electrons. The van der Waals surface area contributed by atoms with Gasteiger partial charge >= 0.3 is 8.80 Å². The average molecular weight is 446 g/mol. The lowest BCUT2D eigenvalue weighted by Gasteiger charge is -2.29. The standard InChI is InChI=1S/C27H31NO3Si/c1-29-32(30-2,31-3)21-9-8-20-28(26-18-10-14-22-12-4-6-16-24(22)26)27-19-11-15-23-13-5-7-17-25(23)27/h4-7,10-19H,8-9,20-21H2,1-3H3. The molecule has 0 heterocycles. The summed E-state index contributed by atoms with van der Waals surface area (Å²) in [5.41, 5.74) is 2.46. The average Bonchev–Trinajstić information content (AvgIpc) is 2.86. The van der Waals surface area contributed by atoms with Crippen molar-refractivity contribution in [3.05, 3.63) is 84.9 Å². The van der Waals surface area contributed by atoms with Gasteiger partial charge in [0.2, 0.25) is 0 Å². The lowest BCUT2D eigenvalue weighted by molar-refractivity contribution is 0.123. The van der Waals surface area contributed by atoms with Crippen molar-refractivity contribution in [2.45, 2.75) is 18.9 Å². The van der Waals surface area contributed by atoms with Crippen LogP contribution in [0, 0.1) is 0 Å². The summed E-state index contributed by atoms with van der Waals surface area (Å²) in [5, 5.41) is 5.02. The number of anilines is 2. The molecule has 0 aromatic heterocycles. The summed E-state index contributed by atoms with van der Waals surface area (Å²) in [4.78, 5) is 2.46. The molecule has 4 nitrogen and oxygen atoms in total. The third-order valence-electron chi connectivity index (χ3n) is 6.16. The van der Waals surface area contributed by atoms with Gasteiger partial charge in [-0.15, -0.1) is 0 Å². The second kappa shape index (κ2) is 10.3. The highest BCUT2D eigenvalue weighted by Gasteiger charge is 2.36. The second-order valence-corrected chi connectivity index (χ2v) is 11.0. The van der Waals surface area contributed by atoms with Crippen LogP contribution in [0.3, 0.4) is 0 Å². The molecule has 4 aromatic rings. The van der Waals surface area contributed by atoms with Gasteiger partial charge in [0.25, 0.3) is 0 Å². The number of benzene rings is 4. The highest BCUT2D eigenvalue weighted by atomic mass is 28.4. The van der Waals surface area contributed by atoms with Crippen LogP contribution in [-0.4, -0.2) is 36.7 Å². The van der Waals surface area contributed by atoms with E-state index in [1.54, 1.807) is 21.3 Å². The summed E-state index contributed by atoms with van der Waals surface area (Å²) in [5.74, 6) is 0. The molecule has 0 fully saturated rings. The van der Waals surface area contributed by atoms with E-state index in [-0.39, 0.29) is 0 Å². The molecule has 4 aromatic carbocycles. The van der Waals surface area contributed by atoms with Crippen LogP contribution < -0.4 is 4.90 Å². The largest absolute Gasteiger partial charge is 0.500 e. The Morgan fingerprint density at radius 3 is 1.56 bits per heavy atom. The SMILES string of the molecule is CO[Si](CCCCN(c1cccc2ccccc12)c1cccc2ccccc12)(OC)OC. The van der Waals surface area contributed by atoms with Crippen molar-refractivity contribution in [1.29, 1.82) is 0 Å². The van der Waals surface area contributed by atoms with Gasteiger partial charge in [0, 0.05) is 56.1 Å². The Balaban J connectivity index is 1.69. The third-order valence-corrected chi connectivity index (χ3v) is 8.99. The Morgan fingerprint density at radius 1 is 0.594 bits per heavy atom. The maximum absolute atomic E-state index is 5.61. The molecule has 32 heavy (non-hydrogen) atoms. The van der Waals surface area contributed by atoms with Gasteiger partial charge in [-0.3, -0.25) is 0 Å². The Hall–Kier alpha value is -2.70. The van der Waals surface area contributed by atoms with Gasteiger partial charge in [-0.1, -0.05) is 72.8 Å². The van der Waals surface area contributed by atoms with Crippen molar-refractivity contribution in [2.75, 3.05) is 32.8 Å². The summed E-state index contributed by atoms with van der Waals surface area (Å²) in [6.45, 7) is 0.892. The van der Waals surface area contributed by atoms with E-state index in [2.05, 4.69) is 89.8 Å². The van der Waals surface area contributed by atoms with Crippen molar-refractivity contribution in [3.8, 4) is 0 Å². The number of nitrogens with zero attached hydrogens (tertiary/aromatic N) is 1. The molecule has 0 atom stereocenters. The molecule has 0 spiro atoms. The first-order valence-electron chi connectivity index (χ1n) is 11.1. The summed E-state index contributed by atoms with van der Waals surface area (Å²) >= 11 is 0. The molecular formula is C27H31NO3Si. The molecule has 0 saturated carbocycles. The molecule has 0 unspecified atom stereocenters. The molecule has 0 aliphatic heterocycles. The van der Waals surface area contributed by atoms with E-state index in [1.807, 2.05) is 0 Å². The molecule has 166 valence electrons. The van der Waals surface area contributed by atoms with Crippen LogP contribution in [0.1, 0.15) is 12.8 Å². The van der Waals surface area contributed by atoms with Crippen molar-refractivity contribution in [1.82, 2.24) is 0 Å². The van der Waals surface area contributed by atoms with Gasteiger partial charge in [0.15, 0.2) is 0 Å². The molecular weight excluding hydrogens is 414 g/mol. The maximum Gasteiger partial charge on any atom is 0.500 e. The third kappa shape index (κ3) is 4.57. The molecule has 0 amide bonds. The van der Waals surface area contributed by atoms with Crippen LogP contribution in [0.15, 0.2) is 84.9 Å². The summed E-state index contributed by atoms with van der Waals surface area (Å²) < 4.78 is 16.8. The molecule has 0 bridgehead atoms. The number of hydrogen-bond acceptors (Lipinski definition) is 4. The molecule has 0 saturated heterocycles. The van der Waals surface area contributed by atoms with Crippen LogP contribution in [0.2, 0.25) is 6.04 Å². The van der Waals surface area contributed by atoms with E-state index in [0.717, 1.165) is 25.4 Å². The first-order chi connectivity index (χ1) is 15.7. The Bertz CT molecular complexity index is 1080. The van der Waals surface area contributed by atoms with E-state index in [1.165, 1.54) is 32.9 Å². The Labute approximate surface area is 191 Å². The topological polar surface area (TPSA) is 30.9 Å². The number of fused-ring (bicyclic) bond motifs is 2. The Morgan fingerprint density at radius 2 is 1.06 bits per heavy atom. The summed E-state index contributed by atoms with van der Waals surface area (Å²) in [6.07, 6.45) is 1.96. The minimum Gasteiger partial charge on any atom is -0.377 e. The molecule has 5 heteroatoms. The first-order valence-corrected chi connectivity index (χ1v) is 13.0. The van der Waals surface area contributed by atoms with Crippen molar-refractivity contribution < 1.29 is 13.3 Å². The van der Waals surface area contributed by atoms with E-state index in [4.69, 9.17) is 13.3 Å². The fourth-order valence-electron chi connectivity index (χ4n) is 4.43. The fourth-order valence-corrected chi connectivity index (χ4v) is 6.22. The predicted molar refractivity (Wildman–Crippen MR) is 136 cm³/mol. The van der Waals surface area contributed by atoms with E-state index in [0.29, 0.717) is 0 Å². The van der Waals surface area contributed by atoms with Gasteiger partial charge in [-0.2, -0.15) is 0 Å². The highest BCUT2D eigenvalue weighted by Crippen LogP contribution is 2.36. The van der Waals surface area contributed by atoms with Crippen LogP contribution >= 0.6 is 0 Å². The summed E-state index contributed by atoms with van der Waals surface area (Å²) in [6, 6.07) is 31.1. The van der Waals surface area contributed by atoms with Crippen molar-refractivity contribution in [2.24, 2.45) is 0 Å². The number of hydrogen-bond donors (Lipinski definition) is 0.